The summed E-state index contributed by atoms with van der Waals surface area (Å²) in [5.74, 6) is -2.10. The number of amides is 1. The Hall–Kier alpha value is -2.56. The van der Waals surface area contributed by atoms with Crippen molar-refractivity contribution in [1.29, 1.82) is 0 Å². The average Bonchev–Trinajstić information content (AvgIpc) is 2.72. The largest absolute Gasteiger partial charge is 0.451 e. The first-order chi connectivity index (χ1) is 14.9. The molecule has 1 aromatic heterocycles. The summed E-state index contributed by atoms with van der Waals surface area (Å²) < 4.78 is 76.7. The monoisotopic (exact) mass is 480 g/mol. The van der Waals surface area contributed by atoms with E-state index in [0.717, 1.165) is 12.1 Å². The van der Waals surface area contributed by atoms with E-state index in [1.165, 1.54) is 18.2 Å². The number of nitrogens with zero attached hydrogens (tertiary/aromatic N) is 3. The lowest BCUT2D eigenvalue weighted by molar-refractivity contribution is -0.145. The molecule has 1 amide bonds. The van der Waals surface area contributed by atoms with Crippen molar-refractivity contribution in [3.63, 3.8) is 0 Å². The van der Waals surface area contributed by atoms with Gasteiger partial charge < -0.3 is 10.2 Å². The van der Waals surface area contributed by atoms with Gasteiger partial charge in [0.2, 0.25) is 11.7 Å². The molecule has 5 nitrogen and oxygen atoms in total. The number of carbonyl (C=O) groups excluding carboxylic acids is 1. The van der Waals surface area contributed by atoms with Crippen LogP contribution in [0.2, 0.25) is 5.15 Å². The van der Waals surface area contributed by atoms with Gasteiger partial charge >= 0.3 is 12.4 Å². The van der Waals surface area contributed by atoms with E-state index < -0.39 is 29.7 Å². The number of benzene rings is 1. The topological polar surface area (TPSA) is 58.1 Å². The van der Waals surface area contributed by atoms with Gasteiger partial charge in [0, 0.05) is 25.7 Å². The van der Waals surface area contributed by atoms with Gasteiger partial charge in [-0.1, -0.05) is 23.7 Å². The van der Waals surface area contributed by atoms with Gasteiger partial charge in [-0.2, -0.15) is 26.3 Å². The Labute approximate surface area is 184 Å². The maximum atomic E-state index is 13.0. The Balaban J connectivity index is 1.56. The van der Waals surface area contributed by atoms with Crippen LogP contribution < -0.4 is 10.2 Å². The third kappa shape index (κ3) is 6.24. The highest BCUT2D eigenvalue weighted by molar-refractivity contribution is 6.29. The Morgan fingerprint density at radius 2 is 1.78 bits per heavy atom. The van der Waals surface area contributed by atoms with Crippen LogP contribution in [0.25, 0.3) is 0 Å². The van der Waals surface area contributed by atoms with E-state index in [4.69, 9.17) is 11.6 Å². The lowest BCUT2D eigenvalue weighted by atomic mass is 9.97. The zero-order chi connectivity index (χ0) is 23.5. The number of hydrogen-bond acceptors (Lipinski definition) is 4. The molecule has 1 aromatic carbocycles. The third-order valence-electron chi connectivity index (χ3n) is 5.05. The van der Waals surface area contributed by atoms with Gasteiger partial charge in [-0.3, -0.25) is 4.79 Å². The molecular weight excluding hydrogens is 462 g/mol. The van der Waals surface area contributed by atoms with Gasteiger partial charge in [-0.25, -0.2) is 9.97 Å². The molecule has 0 saturated carbocycles. The van der Waals surface area contributed by atoms with Crippen LogP contribution in [-0.4, -0.2) is 35.5 Å². The number of aromatic nitrogens is 2. The Morgan fingerprint density at radius 1 is 1.09 bits per heavy atom. The minimum Gasteiger partial charge on any atom is -0.356 e. The fourth-order valence-electron chi connectivity index (χ4n) is 3.43. The van der Waals surface area contributed by atoms with Crippen LogP contribution in [0.5, 0.6) is 0 Å². The SMILES string of the molecule is O=C(NCCc1ccc(C(F)(F)F)cc1)[C@@H]1CCCN(c2cc(Cl)nc(C(F)(F)F)n2)C1. The van der Waals surface area contributed by atoms with Crippen molar-refractivity contribution >= 4 is 23.3 Å². The number of carbonyl (C=O) groups is 1. The molecule has 0 bridgehead atoms. The van der Waals surface area contributed by atoms with Gasteiger partial charge in [0.1, 0.15) is 11.0 Å². The minimum atomic E-state index is -4.75. The van der Waals surface area contributed by atoms with E-state index in [-0.39, 0.29) is 30.0 Å². The Morgan fingerprint density at radius 3 is 2.41 bits per heavy atom. The van der Waals surface area contributed by atoms with Gasteiger partial charge in [-0.05, 0) is 37.0 Å². The maximum Gasteiger partial charge on any atom is 0.451 e. The van der Waals surface area contributed by atoms with Crippen molar-refractivity contribution in [1.82, 2.24) is 15.3 Å². The molecule has 0 radical (unpaired) electrons. The summed E-state index contributed by atoms with van der Waals surface area (Å²) in [5, 5.41) is 2.40. The highest BCUT2D eigenvalue weighted by Gasteiger charge is 2.36. The van der Waals surface area contributed by atoms with E-state index >= 15 is 0 Å². The molecule has 12 heteroatoms. The number of anilines is 1. The zero-order valence-corrected chi connectivity index (χ0v) is 17.4. The molecule has 1 atom stereocenters. The summed E-state index contributed by atoms with van der Waals surface area (Å²) in [4.78, 5) is 20.8. The second kappa shape index (κ2) is 9.51. The standard InChI is InChI=1S/C20H19ClF6N4O/c21-15-10-16(30-18(29-15)20(25,26)27)31-9-1-2-13(11-31)17(32)28-8-7-12-3-5-14(6-4-12)19(22,23)24/h3-6,10,13H,1-2,7-9,11H2,(H,28,32)/t13-/m1/s1. The molecule has 32 heavy (non-hydrogen) atoms. The summed E-state index contributed by atoms with van der Waals surface area (Å²) in [7, 11) is 0. The van der Waals surface area contributed by atoms with Crippen LogP contribution in [0.15, 0.2) is 30.3 Å². The van der Waals surface area contributed by atoms with E-state index in [1.54, 1.807) is 4.90 Å². The first-order valence-electron chi connectivity index (χ1n) is 9.74. The summed E-state index contributed by atoms with van der Waals surface area (Å²) in [5.41, 5.74) is -0.107. The molecule has 2 heterocycles. The van der Waals surface area contributed by atoms with Crippen molar-refractivity contribution in [3.8, 4) is 0 Å². The van der Waals surface area contributed by atoms with Gasteiger partial charge in [0.15, 0.2) is 0 Å². The van der Waals surface area contributed by atoms with Crippen LogP contribution in [0.1, 0.15) is 29.8 Å². The lowest BCUT2D eigenvalue weighted by Gasteiger charge is -2.33. The summed E-state index contributed by atoms with van der Waals surface area (Å²) in [6, 6.07) is 5.90. The summed E-state index contributed by atoms with van der Waals surface area (Å²) in [6.45, 7) is 0.801. The molecule has 1 aliphatic rings. The number of rotatable bonds is 5. The highest BCUT2D eigenvalue weighted by Crippen LogP contribution is 2.31. The molecule has 1 saturated heterocycles. The molecule has 3 rings (SSSR count). The molecule has 1 fully saturated rings. The predicted molar refractivity (Wildman–Crippen MR) is 105 cm³/mol. The smallest absolute Gasteiger partial charge is 0.356 e. The molecule has 174 valence electrons. The van der Waals surface area contributed by atoms with Gasteiger partial charge in [0.25, 0.3) is 0 Å². The minimum absolute atomic E-state index is 0.000389. The number of nitrogens with one attached hydrogen (secondary N) is 1. The van der Waals surface area contributed by atoms with Gasteiger partial charge in [-0.15, -0.1) is 0 Å². The highest BCUT2D eigenvalue weighted by atomic mass is 35.5. The lowest BCUT2D eigenvalue weighted by Crippen LogP contribution is -2.44. The number of alkyl halides is 6. The van der Waals surface area contributed by atoms with E-state index in [1.807, 2.05) is 0 Å². The summed E-state index contributed by atoms with van der Waals surface area (Å²) >= 11 is 5.72. The number of halogens is 7. The van der Waals surface area contributed by atoms with Crippen molar-refractivity contribution in [3.05, 3.63) is 52.4 Å². The average molecular weight is 481 g/mol. The molecule has 2 aromatic rings. The molecule has 0 spiro atoms. The third-order valence-corrected chi connectivity index (χ3v) is 5.24. The van der Waals surface area contributed by atoms with Crippen LogP contribution >= 0.6 is 11.6 Å². The van der Waals surface area contributed by atoms with Crippen molar-refractivity contribution in [2.75, 3.05) is 24.5 Å². The van der Waals surface area contributed by atoms with Crippen LogP contribution in [0, 0.1) is 5.92 Å². The maximum absolute atomic E-state index is 13.0. The normalized spacial score (nSPS) is 17.3. The van der Waals surface area contributed by atoms with E-state index in [2.05, 4.69) is 15.3 Å². The molecule has 1 aliphatic heterocycles. The van der Waals surface area contributed by atoms with Crippen LogP contribution in [0.4, 0.5) is 32.2 Å². The van der Waals surface area contributed by atoms with E-state index in [9.17, 15) is 31.1 Å². The van der Waals surface area contributed by atoms with Crippen LogP contribution in [-0.2, 0) is 23.6 Å². The van der Waals surface area contributed by atoms with Crippen molar-refractivity contribution in [2.45, 2.75) is 31.6 Å². The molecular formula is C20H19ClF6N4O. The Bertz CT molecular complexity index is 949. The quantitative estimate of drug-likeness (QED) is 0.496. The Kier molecular flexibility index (Phi) is 7.16. The van der Waals surface area contributed by atoms with Crippen molar-refractivity contribution in [2.24, 2.45) is 5.92 Å². The number of piperidine rings is 1. The van der Waals surface area contributed by atoms with Crippen LogP contribution in [0.3, 0.4) is 0 Å². The summed E-state index contributed by atoms with van der Waals surface area (Å²) in [6.07, 6.45) is -7.69. The molecule has 1 N–H and O–H groups in total. The zero-order valence-electron chi connectivity index (χ0n) is 16.6. The van der Waals surface area contributed by atoms with E-state index in [0.29, 0.717) is 31.4 Å². The van der Waals surface area contributed by atoms with Crippen molar-refractivity contribution < 1.29 is 31.1 Å². The second-order valence-electron chi connectivity index (χ2n) is 7.39. The first-order valence-corrected chi connectivity index (χ1v) is 10.1. The fourth-order valence-corrected chi connectivity index (χ4v) is 3.61. The number of hydrogen-bond donors (Lipinski definition) is 1. The second-order valence-corrected chi connectivity index (χ2v) is 7.78. The fraction of sp³-hybridized carbons (Fsp3) is 0.450. The molecule has 0 aliphatic carbocycles. The molecule has 0 unspecified atom stereocenters. The first kappa shape index (κ1) is 24.1. The predicted octanol–water partition coefficient (Wildman–Crippen LogP) is 4.74. The van der Waals surface area contributed by atoms with Gasteiger partial charge in [0.05, 0.1) is 11.5 Å².